The minimum Gasteiger partial charge on any atom is -0.491 e. The van der Waals surface area contributed by atoms with Gasteiger partial charge in [0.25, 0.3) is 0 Å². The number of carbonyl (C=O) groups is 3. The predicted octanol–water partition coefficient (Wildman–Crippen LogP) is 1.62. The molecule has 0 radical (unpaired) electrons. The summed E-state index contributed by atoms with van der Waals surface area (Å²) < 4.78 is 31.0. The van der Waals surface area contributed by atoms with Crippen molar-refractivity contribution in [3.8, 4) is 54.3 Å². The maximum atomic E-state index is 11.1. The van der Waals surface area contributed by atoms with Crippen LogP contribution < -0.4 is 14.2 Å². The first kappa shape index (κ1) is 37.5. The van der Waals surface area contributed by atoms with Gasteiger partial charge in [-0.3, -0.25) is 0 Å². The van der Waals surface area contributed by atoms with E-state index in [0.717, 1.165) is 16.7 Å². The maximum absolute atomic E-state index is 11.1. The van der Waals surface area contributed by atoms with Crippen LogP contribution in [-0.4, -0.2) is 91.2 Å². The summed E-state index contributed by atoms with van der Waals surface area (Å²) >= 11 is 0. The highest BCUT2D eigenvalue weighted by atomic mass is 16.6. The van der Waals surface area contributed by atoms with E-state index in [1.54, 1.807) is 54.2 Å². The Morgan fingerprint density at radius 1 is 0.469 bits per heavy atom. The summed E-state index contributed by atoms with van der Waals surface area (Å²) in [6.45, 7) is -1.32. The number of terminal acetylenes is 3. The van der Waals surface area contributed by atoms with Gasteiger partial charge in [0.05, 0.1) is 0 Å². The number of rotatable bonds is 18. The topological polar surface area (TPSA) is 167 Å². The lowest BCUT2D eigenvalue weighted by Crippen LogP contribution is -2.24. The summed E-state index contributed by atoms with van der Waals surface area (Å²) in [4.78, 5) is 33.3. The Bertz CT molecular complexity index is 1450. The second-order valence-corrected chi connectivity index (χ2v) is 10.3. The molecule has 0 aliphatic carbocycles. The highest BCUT2D eigenvalue weighted by Gasteiger charge is 2.19. The molecule has 3 unspecified atom stereocenters. The normalized spacial score (nSPS) is 12.7. The Morgan fingerprint density at radius 2 is 0.714 bits per heavy atom. The summed E-state index contributed by atoms with van der Waals surface area (Å²) in [6, 6.07) is 21.6. The van der Waals surface area contributed by atoms with Crippen molar-refractivity contribution in [2.45, 2.75) is 24.2 Å². The van der Waals surface area contributed by atoms with Crippen LogP contribution >= 0.6 is 0 Å². The van der Waals surface area contributed by atoms with Gasteiger partial charge in [0.1, 0.15) is 75.2 Å². The van der Waals surface area contributed by atoms with E-state index < -0.39 is 36.2 Å². The fourth-order valence-electron chi connectivity index (χ4n) is 4.21. The van der Waals surface area contributed by atoms with Crippen molar-refractivity contribution < 1.29 is 58.1 Å². The van der Waals surface area contributed by atoms with Crippen LogP contribution in [0.3, 0.4) is 0 Å². The molecule has 0 saturated carbocycles. The van der Waals surface area contributed by atoms with Crippen molar-refractivity contribution in [2.75, 3.05) is 39.6 Å². The smallest absolute Gasteiger partial charge is 0.384 e. The van der Waals surface area contributed by atoms with Crippen molar-refractivity contribution in [1.82, 2.24) is 0 Å². The zero-order valence-corrected chi connectivity index (χ0v) is 26.2. The molecule has 0 spiro atoms. The Hall–Kier alpha value is -5.97. The van der Waals surface area contributed by atoms with Crippen LogP contribution in [0.2, 0.25) is 0 Å². The molecule has 3 aromatic rings. The van der Waals surface area contributed by atoms with Crippen molar-refractivity contribution in [1.29, 1.82) is 0 Å². The molecule has 12 nitrogen and oxygen atoms in total. The SMILES string of the molecule is C#CC(=O)OCC(O)COc1ccc(C(c2ccc(OCC(O)COC(=O)C#C)cc2)c2ccc(OCC(O)COC(=O)C#C)cc2)cc1. The first-order chi connectivity index (χ1) is 23.6. The van der Waals surface area contributed by atoms with E-state index in [0.29, 0.717) is 17.2 Å². The third-order valence-electron chi connectivity index (χ3n) is 6.54. The fraction of sp³-hybridized carbons (Fsp3) is 0.270. The molecule has 0 fully saturated rings. The second kappa shape index (κ2) is 19.6. The molecule has 3 N–H and O–H groups in total. The molecule has 0 saturated heterocycles. The summed E-state index contributed by atoms with van der Waals surface area (Å²) in [5, 5.41) is 30.1. The number of hydrogen-bond donors (Lipinski definition) is 3. The van der Waals surface area contributed by atoms with E-state index >= 15 is 0 Å². The van der Waals surface area contributed by atoms with Crippen LogP contribution in [0.4, 0.5) is 0 Å². The molecule has 0 heterocycles. The Morgan fingerprint density at radius 3 is 0.939 bits per heavy atom. The average Bonchev–Trinajstić information content (AvgIpc) is 3.13. The fourth-order valence-corrected chi connectivity index (χ4v) is 4.21. The van der Waals surface area contributed by atoms with Crippen molar-refractivity contribution in [3.63, 3.8) is 0 Å². The molecular weight excluding hydrogens is 636 g/mol. The molecule has 3 rings (SSSR count). The number of carbonyl (C=O) groups excluding carboxylic acids is 3. The third-order valence-corrected chi connectivity index (χ3v) is 6.54. The van der Waals surface area contributed by atoms with Gasteiger partial charge in [0.2, 0.25) is 0 Å². The van der Waals surface area contributed by atoms with Crippen LogP contribution in [0.15, 0.2) is 72.8 Å². The molecule has 49 heavy (non-hydrogen) atoms. The molecular formula is C37H34O12. The van der Waals surface area contributed by atoms with Gasteiger partial charge in [-0.05, 0) is 53.1 Å². The van der Waals surface area contributed by atoms with Gasteiger partial charge in [0, 0.05) is 23.7 Å². The van der Waals surface area contributed by atoms with Crippen molar-refractivity contribution in [2.24, 2.45) is 0 Å². The Kier molecular flexibility index (Phi) is 15.0. The molecule has 0 aliphatic rings. The number of aliphatic hydroxyl groups is 3. The van der Waals surface area contributed by atoms with Crippen LogP contribution in [0, 0.1) is 37.0 Å². The first-order valence-corrected chi connectivity index (χ1v) is 14.7. The van der Waals surface area contributed by atoms with Crippen LogP contribution in [0.5, 0.6) is 17.2 Å². The summed E-state index contributed by atoms with van der Waals surface area (Å²) in [7, 11) is 0. The van der Waals surface area contributed by atoms with Gasteiger partial charge in [0.15, 0.2) is 0 Å². The molecule has 3 aromatic carbocycles. The van der Waals surface area contributed by atoms with Crippen LogP contribution in [-0.2, 0) is 28.6 Å². The maximum Gasteiger partial charge on any atom is 0.384 e. The second-order valence-electron chi connectivity index (χ2n) is 10.3. The van der Waals surface area contributed by atoms with Gasteiger partial charge in [-0.15, -0.1) is 19.3 Å². The monoisotopic (exact) mass is 670 g/mol. The van der Waals surface area contributed by atoms with E-state index in [9.17, 15) is 29.7 Å². The van der Waals surface area contributed by atoms with Gasteiger partial charge >= 0.3 is 17.9 Å². The zero-order chi connectivity index (χ0) is 35.6. The van der Waals surface area contributed by atoms with E-state index in [-0.39, 0.29) is 45.6 Å². The van der Waals surface area contributed by atoms with E-state index in [2.05, 4.69) is 0 Å². The molecule has 0 amide bonds. The Balaban J connectivity index is 1.74. The quantitative estimate of drug-likeness (QED) is 0.0589. The lowest BCUT2D eigenvalue weighted by atomic mass is 9.85. The van der Waals surface area contributed by atoms with E-state index in [1.807, 2.05) is 36.4 Å². The summed E-state index contributed by atoms with van der Waals surface area (Å²) in [5.41, 5.74) is 2.65. The number of benzene rings is 3. The van der Waals surface area contributed by atoms with Crippen molar-refractivity contribution in [3.05, 3.63) is 89.5 Å². The van der Waals surface area contributed by atoms with Gasteiger partial charge < -0.3 is 43.7 Å². The van der Waals surface area contributed by atoms with E-state index in [1.165, 1.54) is 0 Å². The average molecular weight is 671 g/mol. The summed E-state index contributed by atoms with van der Waals surface area (Å²) in [5.74, 6) is 3.87. The minimum absolute atomic E-state index is 0.133. The molecule has 0 aliphatic heterocycles. The van der Waals surface area contributed by atoms with Gasteiger partial charge in [-0.2, -0.15) is 0 Å². The number of ether oxygens (including phenoxy) is 6. The van der Waals surface area contributed by atoms with Crippen LogP contribution in [0.1, 0.15) is 22.6 Å². The summed E-state index contributed by atoms with van der Waals surface area (Å²) in [6.07, 6.45) is 11.6. The van der Waals surface area contributed by atoms with Gasteiger partial charge in [-0.1, -0.05) is 36.4 Å². The minimum atomic E-state index is -1.08. The van der Waals surface area contributed by atoms with Crippen LogP contribution in [0.25, 0.3) is 0 Å². The predicted molar refractivity (Wildman–Crippen MR) is 174 cm³/mol. The zero-order valence-electron chi connectivity index (χ0n) is 26.2. The first-order valence-electron chi connectivity index (χ1n) is 14.7. The van der Waals surface area contributed by atoms with E-state index in [4.69, 9.17) is 47.7 Å². The third kappa shape index (κ3) is 13.0. The molecule has 254 valence electrons. The van der Waals surface area contributed by atoms with Crippen molar-refractivity contribution >= 4 is 17.9 Å². The number of esters is 3. The highest BCUT2D eigenvalue weighted by molar-refractivity contribution is 5.88. The number of aliphatic hydroxyl groups excluding tert-OH is 3. The molecule has 0 bridgehead atoms. The largest absolute Gasteiger partial charge is 0.491 e. The lowest BCUT2D eigenvalue weighted by Gasteiger charge is -2.21. The Labute approximate surface area is 283 Å². The number of hydrogen-bond acceptors (Lipinski definition) is 12. The standard InChI is InChI=1S/C37H34O12/c1-4-34(41)47-22-28(38)19-44-31-13-7-25(8-14-31)37(26-9-15-32(16-10-26)45-20-29(39)23-48-35(42)5-2)27-11-17-33(18-12-27)46-21-30(40)24-49-36(43)6-3/h1-3,7-18,28-30,37-40H,19-24H2. The molecule has 12 heteroatoms. The van der Waals surface area contributed by atoms with Gasteiger partial charge in [-0.25, -0.2) is 14.4 Å². The molecule has 3 atom stereocenters. The lowest BCUT2D eigenvalue weighted by molar-refractivity contribution is -0.140. The molecule has 0 aromatic heterocycles. The highest BCUT2D eigenvalue weighted by Crippen LogP contribution is 2.34.